The van der Waals surface area contributed by atoms with Crippen LogP contribution < -0.4 is 15.8 Å². The van der Waals surface area contributed by atoms with Crippen molar-refractivity contribution in [3.05, 3.63) is 95.6 Å². The van der Waals surface area contributed by atoms with E-state index < -0.39 is 0 Å². The summed E-state index contributed by atoms with van der Waals surface area (Å²) in [4.78, 5) is 2.53. The zero-order chi connectivity index (χ0) is 29.6. The summed E-state index contributed by atoms with van der Waals surface area (Å²) in [5, 5.41) is 12.9. The third kappa shape index (κ3) is 11.4. The van der Waals surface area contributed by atoms with Gasteiger partial charge in [-0.3, -0.25) is 5.14 Å². The summed E-state index contributed by atoms with van der Waals surface area (Å²) in [5.74, 6) is 0. The summed E-state index contributed by atoms with van der Waals surface area (Å²) in [6, 6.07) is 29.4. The van der Waals surface area contributed by atoms with Crippen LogP contribution >= 0.6 is 23.9 Å². The molecule has 4 N–H and O–H groups in total. The maximum atomic E-state index is 5.67. The van der Waals surface area contributed by atoms with E-state index in [1.165, 1.54) is 91.6 Å². The maximum absolute atomic E-state index is 5.67. The first kappa shape index (κ1) is 33.1. The SMILES string of the molecule is Cc1ccc(CNC(C)C)cc1.NSc1cccc(CCCCNC2CCC3(CCN(Sc4ccccc4)CC3)C2)c1. The molecule has 0 aromatic heterocycles. The van der Waals surface area contributed by atoms with Gasteiger partial charge in [0.25, 0.3) is 0 Å². The predicted octanol–water partition coefficient (Wildman–Crippen LogP) is 8.40. The topological polar surface area (TPSA) is 53.3 Å². The Morgan fingerprint density at radius 3 is 2.33 bits per heavy atom. The lowest BCUT2D eigenvalue weighted by atomic mass is 9.77. The Morgan fingerprint density at radius 1 is 0.881 bits per heavy atom. The van der Waals surface area contributed by atoms with Crippen LogP contribution in [0.1, 0.15) is 75.5 Å². The molecule has 1 heterocycles. The number of nitrogens with one attached hydrogen (secondary N) is 2. The lowest BCUT2D eigenvalue weighted by Gasteiger charge is -2.39. The molecule has 0 bridgehead atoms. The van der Waals surface area contributed by atoms with E-state index in [0.717, 1.165) is 30.4 Å². The number of benzene rings is 3. The van der Waals surface area contributed by atoms with E-state index in [2.05, 4.69) is 115 Å². The molecule has 1 spiro atoms. The quantitative estimate of drug-likeness (QED) is 0.143. The third-order valence-corrected chi connectivity index (χ3v) is 10.3. The van der Waals surface area contributed by atoms with Crippen LogP contribution in [0.15, 0.2) is 88.7 Å². The summed E-state index contributed by atoms with van der Waals surface area (Å²) in [6.45, 7) is 11.0. The number of nitrogens with two attached hydrogens (primary N) is 1. The van der Waals surface area contributed by atoms with Gasteiger partial charge in [0.1, 0.15) is 0 Å². The summed E-state index contributed by atoms with van der Waals surface area (Å²) in [5.41, 5.74) is 4.69. The Balaban J connectivity index is 0.000000283. The van der Waals surface area contributed by atoms with Crippen LogP contribution in [-0.4, -0.2) is 36.0 Å². The second-order valence-corrected chi connectivity index (χ2v) is 14.3. The van der Waals surface area contributed by atoms with E-state index in [4.69, 9.17) is 5.14 Å². The van der Waals surface area contributed by atoms with Crippen molar-refractivity contribution in [2.75, 3.05) is 19.6 Å². The number of unbranched alkanes of at least 4 members (excludes halogenated alkanes) is 1. The fourth-order valence-electron chi connectivity index (χ4n) is 6.08. The van der Waals surface area contributed by atoms with E-state index in [1.54, 1.807) is 0 Å². The monoisotopic (exact) mass is 604 g/mol. The number of hydrogen-bond acceptors (Lipinski definition) is 6. The third-order valence-electron chi connectivity index (χ3n) is 8.66. The van der Waals surface area contributed by atoms with Crippen molar-refractivity contribution in [2.45, 2.75) is 101 Å². The Morgan fingerprint density at radius 2 is 1.62 bits per heavy atom. The minimum absolute atomic E-state index is 0.561. The molecule has 1 aliphatic heterocycles. The van der Waals surface area contributed by atoms with Gasteiger partial charge in [0.15, 0.2) is 0 Å². The van der Waals surface area contributed by atoms with Gasteiger partial charge in [0.2, 0.25) is 0 Å². The van der Waals surface area contributed by atoms with Crippen molar-refractivity contribution in [3.63, 3.8) is 0 Å². The van der Waals surface area contributed by atoms with Gasteiger partial charge in [0.05, 0.1) is 0 Å². The van der Waals surface area contributed by atoms with Gasteiger partial charge in [-0.05, 0) is 130 Å². The van der Waals surface area contributed by atoms with E-state index in [9.17, 15) is 0 Å². The molecule has 2 fully saturated rings. The molecule has 1 unspecified atom stereocenters. The lowest BCUT2D eigenvalue weighted by Crippen LogP contribution is -2.37. The average Bonchev–Trinajstić information content (AvgIpc) is 3.41. The number of hydrogen-bond donors (Lipinski definition) is 3. The van der Waals surface area contributed by atoms with Gasteiger partial charge in [-0.15, -0.1) is 0 Å². The molecule has 1 atom stereocenters. The van der Waals surface area contributed by atoms with Crippen molar-refractivity contribution in [1.29, 1.82) is 0 Å². The van der Waals surface area contributed by atoms with Gasteiger partial charge in [-0.1, -0.05) is 74.0 Å². The zero-order valence-corrected chi connectivity index (χ0v) is 27.6. The highest BCUT2D eigenvalue weighted by Gasteiger charge is 2.41. The van der Waals surface area contributed by atoms with Crippen molar-refractivity contribution in [3.8, 4) is 0 Å². The summed E-state index contributed by atoms with van der Waals surface area (Å²) < 4.78 is 2.57. The molecule has 1 aliphatic carbocycles. The molecule has 42 heavy (non-hydrogen) atoms. The van der Waals surface area contributed by atoms with Crippen molar-refractivity contribution in [1.82, 2.24) is 14.9 Å². The summed E-state index contributed by atoms with van der Waals surface area (Å²) >= 11 is 3.27. The highest BCUT2D eigenvalue weighted by atomic mass is 32.2. The predicted molar refractivity (Wildman–Crippen MR) is 184 cm³/mol. The Bertz CT molecular complexity index is 1160. The van der Waals surface area contributed by atoms with Crippen molar-refractivity contribution < 1.29 is 0 Å². The Labute approximate surface area is 264 Å². The van der Waals surface area contributed by atoms with Gasteiger partial charge < -0.3 is 10.6 Å². The molecule has 1 saturated heterocycles. The van der Waals surface area contributed by atoms with Gasteiger partial charge in [-0.25, -0.2) is 4.31 Å². The normalized spacial score (nSPS) is 18.3. The van der Waals surface area contributed by atoms with Crippen LogP contribution in [0.25, 0.3) is 0 Å². The fraction of sp³-hybridized carbons (Fsp3) is 0.500. The first-order chi connectivity index (χ1) is 20.4. The Kier molecular flexibility index (Phi) is 13.8. The molecular formula is C36H52N4S2. The molecule has 1 saturated carbocycles. The second kappa shape index (κ2) is 17.5. The maximum Gasteiger partial charge on any atom is 0.0230 e. The number of piperidine rings is 1. The molecule has 0 amide bonds. The summed E-state index contributed by atoms with van der Waals surface area (Å²) in [7, 11) is 0. The van der Waals surface area contributed by atoms with E-state index in [1.807, 2.05) is 11.9 Å². The second-order valence-electron chi connectivity index (χ2n) is 12.5. The van der Waals surface area contributed by atoms with Crippen LogP contribution in [0.5, 0.6) is 0 Å². The Hall–Kier alpha value is -1.80. The van der Waals surface area contributed by atoms with Crippen LogP contribution in [0.2, 0.25) is 0 Å². The van der Waals surface area contributed by atoms with E-state index in [0.29, 0.717) is 11.5 Å². The van der Waals surface area contributed by atoms with Crippen LogP contribution in [0.3, 0.4) is 0 Å². The summed E-state index contributed by atoms with van der Waals surface area (Å²) in [6.07, 6.45) is 10.5. The van der Waals surface area contributed by atoms with E-state index >= 15 is 0 Å². The van der Waals surface area contributed by atoms with Crippen molar-refractivity contribution >= 4 is 23.9 Å². The standard InChI is InChI=1S/C25H35N3S2.C11H17N/c26-29-24-11-6-8-21(19-24)7-4-5-16-27-22-12-13-25(20-22)14-17-28(18-15-25)30-23-9-2-1-3-10-23;1-9(2)12-8-11-6-4-10(3)5-7-11/h1-3,6,8-11,19,22,27H,4-5,7,12-18,20,26H2;4-7,9,12H,8H2,1-3H3. The van der Waals surface area contributed by atoms with Crippen LogP contribution in [0.4, 0.5) is 0 Å². The molecule has 2 aliphatic rings. The minimum Gasteiger partial charge on any atom is -0.314 e. The highest BCUT2D eigenvalue weighted by molar-refractivity contribution is 7.97. The molecule has 0 radical (unpaired) electrons. The minimum atomic E-state index is 0.561. The first-order valence-electron chi connectivity index (χ1n) is 15.9. The smallest absolute Gasteiger partial charge is 0.0230 e. The van der Waals surface area contributed by atoms with Gasteiger partial charge >= 0.3 is 0 Å². The largest absolute Gasteiger partial charge is 0.314 e. The molecule has 4 nitrogen and oxygen atoms in total. The van der Waals surface area contributed by atoms with Gasteiger partial charge in [-0.2, -0.15) is 0 Å². The van der Waals surface area contributed by atoms with E-state index in [-0.39, 0.29) is 0 Å². The highest BCUT2D eigenvalue weighted by Crippen LogP contribution is 2.47. The molecule has 6 heteroatoms. The fourth-order valence-corrected chi connectivity index (χ4v) is 7.40. The number of aryl methyl sites for hydroxylation is 2. The molecule has 228 valence electrons. The first-order valence-corrected chi connectivity index (χ1v) is 17.5. The number of nitrogens with zero attached hydrogens (tertiary/aromatic N) is 1. The lowest BCUT2D eigenvalue weighted by molar-refractivity contribution is 0.163. The zero-order valence-electron chi connectivity index (χ0n) is 26.0. The molecule has 5 rings (SSSR count). The van der Waals surface area contributed by atoms with Crippen LogP contribution in [0, 0.1) is 12.3 Å². The van der Waals surface area contributed by atoms with Crippen LogP contribution in [-0.2, 0) is 13.0 Å². The molecule has 3 aromatic rings. The van der Waals surface area contributed by atoms with Gasteiger partial charge in [0, 0.05) is 41.5 Å². The van der Waals surface area contributed by atoms with Crippen molar-refractivity contribution in [2.24, 2.45) is 10.6 Å². The molecular weight excluding hydrogens is 553 g/mol. The average molecular weight is 605 g/mol. The number of rotatable bonds is 12. The molecule has 3 aromatic carbocycles.